The second kappa shape index (κ2) is 6.90. The fourth-order valence-electron chi connectivity index (χ4n) is 3.49. The Morgan fingerprint density at radius 2 is 1.88 bits per heavy atom. The van der Waals surface area contributed by atoms with E-state index in [0.29, 0.717) is 17.8 Å². The first-order valence-corrected chi connectivity index (χ1v) is 8.65. The first-order valence-electron chi connectivity index (χ1n) is 8.65. The average Bonchev–Trinajstić information content (AvgIpc) is 3.19. The number of amides is 1. The number of carboxylic acid groups (broad SMARTS) is 1. The number of rotatable bonds is 4. The first-order chi connectivity index (χ1) is 12.3. The molecule has 1 fully saturated rings. The van der Waals surface area contributed by atoms with E-state index in [2.05, 4.69) is 5.10 Å². The van der Waals surface area contributed by atoms with Crippen molar-refractivity contribution in [2.24, 2.45) is 11.8 Å². The Morgan fingerprint density at radius 3 is 2.42 bits per heavy atom. The Balaban J connectivity index is 1.94. The molecular weight excluding hydrogens is 337 g/mol. The van der Waals surface area contributed by atoms with E-state index in [1.807, 2.05) is 20.8 Å². The van der Waals surface area contributed by atoms with Gasteiger partial charge in [0.1, 0.15) is 5.82 Å². The Labute approximate surface area is 151 Å². The third kappa shape index (κ3) is 3.21. The van der Waals surface area contributed by atoms with E-state index in [0.717, 1.165) is 5.69 Å². The van der Waals surface area contributed by atoms with Crippen LogP contribution in [0.2, 0.25) is 0 Å². The lowest BCUT2D eigenvalue weighted by Gasteiger charge is -2.18. The molecule has 0 unspecified atom stereocenters. The normalized spacial score (nSPS) is 20.0. The number of aliphatic carboxylic acids is 1. The summed E-state index contributed by atoms with van der Waals surface area (Å²) in [4.78, 5) is 25.9. The number of benzene rings is 1. The molecule has 1 aliphatic heterocycles. The summed E-state index contributed by atoms with van der Waals surface area (Å²) in [5.41, 5.74) is 1.86. The molecule has 0 aliphatic carbocycles. The van der Waals surface area contributed by atoms with Gasteiger partial charge < -0.3 is 10.0 Å². The van der Waals surface area contributed by atoms with Gasteiger partial charge in [-0.2, -0.15) is 5.10 Å². The third-order valence-electron chi connectivity index (χ3n) is 4.87. The van der Waals surface area contributed by atoms with Crippen LogP contribution in [0, 0.1) is 17.7 Å². The molecule has 3 rings (SSSR count). The molecule has 1 amide bonds. The zero-order valence-electron chi connectivity index (χ0n) is 15.0. The quantitative estimate of drug-likeness (QED) is 0.911. The Kier molecular flexibility index (Phi) is 4.80. The fraction of sp³-hybridized carbons (Fsp3) is 0.421. The van der Waals surface area contributed by atoms with Gasteiger partial charge in [-0.3, -0.25) is 9.59 Å². The van der Waals surface area contributed by atoms with E-state index in [9.17, 15) is 19.1 Å². The minimum atomic E-state index is -0.876. The zero-order chi connectivity index (χ0) is 19.0. The molecule has 138 valence electrons. The largest absolute Gasteiger partial charge is 0.481 e. The van der Waals surface area contributed by atoms with Crippen LogP contribution in [0.15, 0.2) is 30.5 Å². The van der Waals surface area contributed by atoms with E-state index in [-0.39, 0.29) is 30.1 Å². The van der Waals surface area contributed by atoms with Crippen LogP contribution in [-0.2, 0) is 4.79 Å². The zero-order valence-corrected chi connectivity index (χ0v) is 15.0. The average molecular weight is 359 g/mol. The number of hydrogen-bond acceptors (Lipinski definition) is 3. The van der Waals surface area contributed by atoms with E-state index in [1.54, 1.807) is 21.7 Å². The van der Waals surface area contributed by atoms with Crippen LogP contribution in [0.1, 0.15) is 42.7 Å². The van der Waals surface area contributed by atoms with E-state index in [4.69, 9.17) is 0 Å². The molecule has 1 saturated heterocycles. The van der Waals surface area contributed by atoms with Crippen molar-refractivity contribution in [1.29, 1.82) is 0 Å². The molecule has 1 N–H and O–H groups in total. The molecule has 6 nitrogen and oxygen atoms in total. The van der Waals surface area contributed by atoms with Gasteiger partial charge in [-0.25, -0.2) is 9.07 Å². The van der Waals surface area contributed by atoms with Gasteiger partial charge in [0.2, 0.25) is 0 Å². The lowest BCUT2D eigenvalue weighted by atomic mass is 9.99. The Hall–Kier alpha value is -2.70. The van der Waals surface area contributed by atoms with Gasteiger partial charge >= 0.3 is 5.97 Å². The molecule has 26 heavy (non-hydrogen) atoms. The van der Waals surface area contributed by atoms with Crippen molar-refractivity contribution in [3.8, 4) is 5.69 Å². The molecule has 2 heterocycles. The molecule has 0 bridgehead atoms. The van der Waals surface area contributed by atoms with Crippen molar-refractivity contribution in [1.82, 2.24) is 14.7 Å². The molecule has 1 aliphatic rings. The van der Waals surface area contributed by atoms with E-state index >= 15 is 0 Å². The molecule has 1 aromatic carbocycles. The maximum Gasteiger partial charge on any atom is 0.308 e. The van der Waals surface area contributed by atoms with E-state index in [1.165, 1.54) is 18.3 Å². The van der Waals surface area contributed by atoms with Crippen LogP contribution in [0.3, 0.4) is 0 Å². The highest BCUT2D eigenvalue weighted by Crippen LogP contribution is 2.28. The van der Waals surface area contributed by atoms with Crippen molar-refractivity contribution >= 4 is 11.9 Å². The number of halogens is 1. The molecule has 2 aromatic rings. The number of likely N-dealkylation sites (tertiary alicyclic amines) is 1. The molecule has 1 aromatic heterocycles. The summed E-state index contributed by atoms with van der Waals surface area (Å²) in [7, 11) is 0. The summed E-state index contributed by atoms with van der Waals surface area (Å²) in [5.74, 6) is -2.05. The van der Waals surface area contributed by atoms with Crippen LogP contribution in [0.25, 0.3) is 5.69 Å². The fourth-order valence-corrected chi connectivity index (χ4v) is 3.49. The van der Waals surface area contributed by atoms with Crippen LogP contribution < -0.4 is 0 Å². The van der Waals surface area contributed by atoms with Gasteiger partial charge in [-0.15, -0.1) is 0 Å². The highest BCUT2D eigenvalue weighted by Gasteiger charge is 2.38. The monoisotopic (exact) mass is 359 g/mol. The third-order valence-corrected chi connectivity index (χ3v) is 4.87. The molecule has 0 saturated carbocycles. The van der Waals surface area contributed by atoms with Crippen LogP contribution in [0.4, 0.5) is 4.39 Å². The predicted molar refractivity (Wildman–Crippen MR) is 93.8 cm³/mol. The number of hydrogen-bond donors (Lipinski definition) is 1. The highest BCUT2D eigenvalue weighted by molar-refractivity contribution is 5.96. The van der Waals surface area contributed by atoms with Gasteiger partial charge in [0.05, 0.1) is 29.1 Å². The van der Waals surface area contributed by atoms with Gasteiger partial charge in [0.15, 0.2) is 0 Å². The summed E-state index contributed by atoms with van der Waals surface area (Å²) in [6.45, 7) is 6.38. The maximum atomic E-state index is 13.2. The van der Waals surface area contributed by atoms with E-state index < -0.39 is 11.9 Å². The lowest BCUT2D eigenvalue weighted by Crippen LogP contribution is -2.30. The first kappa shape index (κ1) is 18.1. The van der Waals surface area contributed by atoms with Crippen molar-refractivity contribution in [3.05, 3.63) is 47.5 Å². The van der Waals surface area contributed by atoms with Crippen LogP contribution >= 0.6 is 0 Å². The number of nitrogens with zero attached hydrogens (tertiary/aromatic N) is 3. The molecule has 0 spiro atoms. The summed E-state index contributed by atoms with van der Waals surface area (Å²) in [6, 6.07) is 5.92. The van der Waals surface area contributed by atoms with Gasteiger partial charge in [-0.1, -0.05) is 20.8 Å². The molecular formula is C19H22FN3O3. The number of carbonyl (C=O) groups excluding carboxylic acids is 1. The van der Waals surface area contributed by atoms with Crippen molar-refractivity contribution in [2.75, 3.05) is 13.1 Å². The SMILES string of the molecule is CC(C)c1c(C(=O)N2C[C@@H](C)[C@H](C(=O)O)C2)cnn1-c1ccc(F)cc1. The summed E-state index contributed by atoms with van der Waals surface area (Å²) < 4.78 is 14.8. The lowest BCUT2D eigenvalue weighted by molar-refractivity contribution is -0.142. The van der Waals surface area contributed by atoms with Gasteiger partial charge in [0.25, 0.3) is 5.91 Å². The Morgan fingerprint density at radius 1 is 1.23 bits per heavy atom. The summed E-state index contributed by atoms with van der Waals surface area (Å²) in [6.07, 6.45) is 1.51. The highest BCUT2D eigenvalue weighted by atomic mass is 19.1. The second-order valence-electron chi connectivity index (χ2n) is 7.12. The second-order valence-corrected chi connectivity index (χ2v) is 7.12. The number of aromatic nitrogens is 2. The minimum absolute atomic E-state index is 0.0109. The molecule has 7 heteroatoms. The predicted octanol–water partition coefficient (Wildman–Crippen LogP) is 2.93. The van der Waals surface area contributed by atoms with Crippen LogP contribution in [-0.4, -0.2) is 44.8 Å². The van der Waals surface area contributed by atoms with Crippen LogP contribution in [0.5, 0.6) is 0 Å². The topological polar surface area (TPSA) is 75.4 Å². The van der Waals surface area contributed by atoms with Crippen molar-refractivity contribution < 1.29 is 19.1 Å². The van der Waals surface area contributed by atoms with Gasteiger partial charge in [0, 0.05) is 13.1 Å². The summed E-state index contributed by atoms with van der Waals surface area (Å²) in [5, 5.41) is 13.6. The number of carbonyl (C=O) groups is 2. The minimum Gasteiger partial charge on any atom is -0.481 e. The summed E-state index contributed by atoms with van der Waals surface area (Å²) >= 11 is 0. The van der Waals surface area contributed by atoms with Crippen molar-refractivity contribution in [2.45, 2.75) is 26.7 Å². The Bertz CT molecular complexity index is 829. The number of carboxylic acids is 1. The molecule has 2 atom stereocenters. The maximum absolute atomic E-state index is 13.2. The standard InChI is InChI=1S/C19H22FN3O3/c1-11(2)17-15(8-21-23(17)14-6-4-13(20)5-7-14)18(24)22-9-12(3)16(10-22)19(25)26/h4-8,11-12,16H,9-10H2,1-3H3,(H,25,26)/t12-,16-/m1/s1. The van der Waals surface area contributed by atoms with Crippen molar-refractivity contribution in [3.63, 3.8) is 0 Å². The van der Waals surface area contributed by atoms with Gasteiger partial charge in [-0.05, 0) is 36.1 Å². The smallest absolute Gasteiger partial charge is 0.308 e. The molecule has 0 radical (unpaired) electrons.